The van der Waals surface area contributed by atoms with Crippen molar-refractivity contribution in [3.05, 3.63) is 120 Å². The van der Waals surface area contributed by atoms with Gasteiger partial charge in [-0.3, -0.25) is 14.2 Å². The number of halogens is 1. The van der Waals surface area contributed by atoms with E-state index < -0.39 is 12.0 Å². The molecular weight excluding hydrogens is 642 g/mol. The highest BCUT2D eigenvalue weighted by Crippen LogP contribution is 2.39. The number of ether oxygens (including phenoxy) is 4. The molecule has 1 amide bonds. The minimum absolute atomic E-state index is 0.0720. The molecule has 0 radical (unpaired) electrons. The van der Waals surface area contributed by atoms with Crippen molar-refractivity contribution in [2.45, 2.75) is 13.0 Å². The molecule has 2 aliphatic heterocycles. The molecule has 47 heavy (non-hydrogen) atoms. The molecule has 0 unspecified atom stereocenters. The van der Waals surface area contributed by atoms with Crippen LogP contribution in [0.3, 0.4) is 0 Å². The predicted molar refractivity (Wildman–Crippen MR) is 178 cm³/mol. The number of aromatic nitrogens is 1. The van der Waals surface area contributed by atoms with Crippen molar-refractivity contribution in [2.24, 2.45) is 4.99 Å². The van der Waals surface area contributed by atoms with Crippen LogP contribution < -0.4 is 24.4 Å². The summed E-state index contributed by atoms with van der Waals surface area (Å²) in [5, 5.41) is 0.415. The maximum absolute atomic E-state index is 14.2. The molecule has 0 aliphatic carbocycles. The van der Waals surface area contributed by atoms with Crippen molar-refractivity contribution in [1.29, 1.82) is 0 Å². The summed E-state index contributed by atoms with van der Waals surface area (Å²) in [6.07, 6.45) is 1.76. The van der Waals surface area contributed by atoms with Gasteiger partial charge < -0.3 is 23.8 Å². The van der Waals surface area contributed by atoms with E-state index in [0.29, 0.717) is 69.0 Å². The highest BCUT2D eigenvalue weighted by Gasteiger charge is 2.37. The predicted octanol–water partition coefficient (Wildman–Crippen LogP) is 3.84. The molecule has 242 valence electrons. The minimum Gasteiger partial charge on any atom is -0.496 e. The van der Waals surface area contributed by atoms with Crippen molar-refractivity contribution in [3.8, 4) is 11.5 Å². The van der Waals surface area contributed by atoms with E-state index in [1.54, 1.807) is 48.2 Å². The number of hydrogen-bond donors (Lipinski definition) is 0. The summed E-state index contributed by atoms with van der Waals surface area (Å²) in [6, 6.07) is 20.6. The SMILES string of the molecule is CCOC(=O)C1=C(c2ccccc2)N=c2s/c(=C\c3ccc(OCC(=O)N4CCOCC4)cc3)c(=O)n2[C@H]1c1cc(Cl)ccc1OC. The molecule has 12 heteroatoms. The lowest BCUT2D eigenvalue weighted by molar-refractivity contribution is -0.139. The Bertz CT molecular complexity index is 2000. The second-order valence-electron chi connectivity index (χ2n) is 10.7. The number of carbonyl (C=O) groups excluding carboxylic acids is 2. The van der Waals surface area contributed by atoms with Crippen molar-refractivity contribution in [3.63, 3.8) is 0 Å². The first-order chi connectivity index (χ1) is 22.9. The number of methoxy groups -OCH3 is 1. The van der Waals surface area contributed by atoms with E-state index in [-0.39, 0.29) is 30.3 Å². The van der Waals surface area contributed by atoms with Gasteiger partial charge in [-0.05, 0) is 48.9 Å². The molecule has 2 aliphatic rings. The van der Waals surface area contributed by atoms with Crippen molar-refractivity contribution >= 4 is 46.6 Å². The van der Waals surface area contributed by atoms with Gasteiger partial charge in [0.15, 0.2) is 11.4 Å². The maximum Gasteiger partial charge on any atom is 0.338 e. The van der Waals surface area contributed by atoms with Gasteiger partial charge in [-0.1, -0.05) is 65.4 Å². The Labute approximate surface area is 279 Å². The monoisotopic (exact) mass is 673 g/mol. The largest absolute Gasteiger partial charge is 0.496 e. The molecule has 0 N–H and O–H groups in total. The molecule has 0 saturated carbocycles. The van der Waals surface area contributed by atoms with Crippen LogP contribution in [-0.2, 0) is 19.1 Å². The van der Waals surface area contributed by atoms with Gasteiger partial charge in [-0.25, -0.2) is 9.79 Å². The van der Waals surface area contributed by atoms with E-state index in [1.165, 1.54) is 23.0 Å². The molecule has 4 aromatic rings. The lowest BCUT2D eigenvalue weighted by Crippen LogP contribution is -2.42. The van der Waals surface area contributed by atoms with Crippen LogP contribution >= 0.6 is 22.9 Å². The van der Waals surface area contributed by atoms with Gasteiger partial charge in [-0.2, -0.15) is 0 Å². The van der Waals surface area contributed by atoms with E-state index in [0.717, 1.165) is 5.56 Å². The van der Waals surface area contributed by atoms with Gasteiger partial charge >= 0.3 is 5.97 Å². The Hall–Kier alpha value is -4.71. The average molecular weight is 674 g/mol. The number of nitrogens with zero attached hydrogens (tertiary/aromatic N) is 3. The lowest BCUT2D eigenvalue weighted by Gasteiger charge is -2.27. The van der Waals surface area contributed by atoms with E-state index in [9.17, 15) is 14.4 Å². The summed E-state index contributed by atoms with van der Waals surface area (Å²) in [4.78, 5) is 47.4. The van der Waals surface area contributed by atoms with Gasteiger partial charge in [0.1, 0.15) is 17.5 Å². The third-order valence-electron chi connectivity index (χ3n) is 7.76. The zero-order valence-electron chi connectivity index (χ0n) is 25.8. The molecule has 3 aromatic carbocycles. The summed E-state index contributed by atoms with van der Waals surface area (Å²) < 4.78 is 24.2. The zero-order chi connectivity index (χ0) is 32.9. The van der Waals surface area contributed by atoms with E-state index in [4.69, 9.17) is 35.5 Å². The number of fused-ring (bicyclic) bond motifs is 1. The third kappa shape index (κ3) is 6.87. The molecule has 1 atom stereocenters. The number of hydrogen-bond acceptors (Lipinski definition) is 9. The van der Waals surface area contributed by atoms with Crippen LogP contribution in [-0.4, -0.2) is 68.0 Å². The first-order valence-electron chi connectivity index (χ1n) is 15.1. The number of morpholine rings is 1. The average Bonchev–Trinajstić information content (AvgIpc) is 3.41. The maximum atomic E-state index is 14.2. The fourth-order valence-corrected chi connectivity index (χ4v) is 6.70. The number of esters is 1. The van der Waals surface area contributed by atoms with Gasteiger partial charge in [-0.15, -0.1) is 0 Å². The second kappa shape index (κ2) is 14.4. The van der Waals surface area contributed by atoms with Crippen LogP contribution in [0.5, 0.6) is 11.5 Å². The number of amides is 1. The zero-order valence-corrected chi connectivity index (χ0v) is 27.4. The highest BCUT2D eigenvalue weighted by molar-refractivity contribution is 7.07. The molecular formula is C35H32ClN3O7S. The van der Waals surface area contributed by atoms with Crippen LogP contribution in [0.4, 0.5) is 0 Å². The van der Waals surface area contributed by atoms with E-state index >= 15 is 0 Å². The molecule has 10 nitrogen and oxygen atoms in total. The molecule has 0 spiro atoms. The van der Waals surface area contributed by atoms with Crippen LogP contribution in [0.2, 0.25) is 5.02 Å². The second-order valence-corrected chi connectivity index (χ2v) is 12.1. The van der Waals surface area contributed by atoms with Gasteiger partial charge in [0.05, 0.1) is 42.7 Å². The number of rotatable bonds is 9. The quantitative estimate of drug-likeness (QED) is 0.249. The van der Waals surface area contributed by atoms with Crippen LogP contribution in [0.1, 0.15) is 29.7 Å². The van der Waals surface area contributed by atoms with E-state index in [2.05, 4.69) is 0 Å². The fourth-order valence-electron chi connectivity index (χ4n) is 5.51. The molecule has 1 aromatic heterocycles. The molecule has 0 bridgehead atoms. The molecule has 3 heterocycles. The summed E-state index contributed by atoms with van der Waals surface area (Å²) in [7, 11) is 1.52. The Morgan fingerprint density at radius 1 is 1.06 bits per heavy atom. The Kier molecular flexibility index (Phi) is 9.86. The van der Waals surface area contributed by atoms with E-state index in [1.807, 2.05) is 42.5 Å². The normalized spacial score (nSPS) is 16.4. The fraction of sp³-hybridized carbons (Fsp3) is 0.257. The summed E-state index contributed by atoms with van der Waals surface area (Å²) in [6.45, 7) is 3.94. The van der Waals surface area contributed by atoms with Crippen molar-refractivity contribution in [2.75, 3.05) is 46.6 Å². The molecule has 1 saturated heterocycles. The van der Waals surface area contributed by atoms with Crippen LogP contribution in [0, 0.1) is 0 Å². The topological polar surface area (TPSA) is 109 Å². The van der Waals surface area contributed by atoms with Gasteiger partial charge in [0.2, 0.25) is 0 Å². The van der Waals surface area contributed by atoms with Gasteiger partial charge in [0.25, 0.3) is 11.5 Å². The molecule has 1 fully saturated rings. The first-order valence-corrected chi connectivity index (χ1v) is 16.3. The third-order valence-corrected chi connectivity index (χ3v) is 8.98. The van der Waals surface area contributed by atoms with Crippen molar-refractivity contribution in [1.82, 2.24) is 9.47 Å². The first kappa shape index (κ1) is 32.2. The lowest BCUT2D eigenvalue weighted by atomic mass is 9.92. The number of thiazole rings is 1. The Balaban J connectivity index is 1.42. The summed E-state index contributed by atoms with van der Waals surface area (Å²) >= 11 is 7.68. The standard InChI is InChI=1S/C35H32ClN3O7S/c1-3-45-34(42)30-31(23-7-5-4-6-8-23)37-35-39(32(30)26-20-24(36)11-14-27(26)43-2)33(41)28(47-35)19-22-9-12-25(13-10-22)46-21-29(40)38-15-17-44-18-16-38/h4-14,19-20,32H,3,15-18,21H2,1-2H3/b28-19-/t32-/m0/s1. The minimum atomic E-state index is -0.934. The van der Waals surface area contributed by atoms with Crippen LogP contribution in [0.25, 0.3) is 11.8 Å². The number of benzene rings is 3. The molecule has 6 rings (SSSR count). The van der Waals surface area contributed by atoms with Gasteiger partial charge in [0, 0.05) is 29.2 Å². The number of carbonyl (C=O) groups is 2. The Morgan fingerprint density at radius 3 is 2.51 bits per heavy atom. The van der Waals surface area contributed by atoms with Crippen molar-refractivity contribution < 1.29 is 28.5 Å². The summed E-state index contributed by atoms with van der Waals surface area (Å²) in [5.74, 6) is 0.290. The highest BCUT2D eigenvalue weighted by atomic mass is 35.5. The smallest absolute Gasteiger partial charge is 0.338 e. The Morgan fingerprint density at radius 2 is 1.81 bits per heavy atom. The van der Waals surface area contributed by atoms with Crippen LogP contribution in [0.15, 0.2) is 88.2 Å². The summed E-state index contributed by atoms with van der Waals surface area (Å²) in [5.41, 5.74) is 2.22.